The van der Waals surface area contributed by atoms with Crippen LogP contribution in [-0.4, -0.2) is 21.6 Å². The summed E-state index contributed by atoms with van der Waals surface area (Å²) in [6, 6.07) is 15.6. The zero-order valence-corrected chi connectivity index (χ0v) is 21.9. The van der Waals surface area contributed by atoms with Gasteiger partial charge in [-0.05, 0) is 62.2 Å². The number of aryl methyl sites for hydroxylation is 3. The number of H-pyrrole nitrogens is 1. The molecule has 0 aliphatic carbocycles. The maximum Gasteiger partial charge on any atom is 0.331 e. The Balaban J connectivity index is 1.79. The van der Waals surface area contributed by atoms with Crippen molar-refractivity contribution in [2.75, 3.05) is 4.90 Å². The maximum atomic E-state index is 14.0. The van der Waals surface area contributed by atoms with Crippen molar-refractivity contribution in [3.05, 3.63) is 110 Å². The fourth-order valence-electron chi connectivity index (χ4n) is 4.52. The van der Waals surface area contributed by atoms with E-state index < -0.39 is 17.4 Å². The number of carbonyl (C=O) groups is 2. The van der Waals surface area contributed by atoms with E-state index in [1.165, 1.54) is 4.68 Å². The van der Waals surface area contributed by atoms with Crippen molar-refractivity contribution < 1.29 is 14.2 Å². The van der Waals surface area contributed by atoms with E-state index in [0.29, 0.717) is 28.5 Å². The molecule has 4 aromatic rings. The molecular formula is C28H23Cl2N4O3+. The van der Waals surface area contributed by atoms with Gasteiger partial charge in [-0.1, -0.05) is 42.3 Å². The standard InChI is InChI=1S/C28H22Cl2N4O3/c1-4-22-23(27(36)34(31-22)19-10-11-20(29)21(30)14-19)24-25(32-12-6-8-17(3)15-32)28(37)33(26(24)35)18-9-5-7-16(2)13-18/h5-15H,4H2,1-3H3/p+1. The molecule has 0 fully saturated rings. The zero-order valence-electron chi connectivity index (χ0n) is 20.4. The van der Waals surface area contributed by atoms with Gasteiger partial charge in [0.15, 0.2) is 12.4 Å². The zero-order chi connectivity index (χ0) is 26.4. The molecule has 0 atom stereocenters. The van der Waals surface area contributed by atoms with Crippen molar-refractivity contribution in [1.82, 2.24) is 9.78 Å². The quantitative estimate of drug-likeness (QED) is 0.293. The van der Waals surface area contributed by atoms with Crippen LogP contribution >= 0.6 is 23.2 Å². The van der Waals surface area contributed by atoms with E-state index in [1.807, 2.05) is 32.9 Å². The molecule has 0 radical (unpaired) electrons. The van der Waals surface area contributed by atoms with Crippen molar-refractivity contribution in [2.45, 2.75) is 27.2 Å². The van der Waals surface area contributed by atoms with Crippen LogP contribution in [0.15, 0.2) is 71.8 Å². The lowest BCUT2D eigenvalue weighted by atomic mass is 10.0. The molecule has 1 aliphatic heterocycles. The van der Waals surface area contributed by atoms with E-state index in [2.05, 4.69) is 5.10 Å². The summed E-state index contributed by atoms with van der Waals surface area (Å²) in [5, 5.41) is 3.74. The van der Waals surface area contributed by atoms with Crippen LogP contribution in [0.1, 0.15) is 29.3 Å². The van der Waals surface area contributed by atoms with Crippen molar-refractivity contribution in [1.29, 1.82) is 0 Å². The third-order valence-corrected chi connectivity index (χ3v) is 7.00. The first-order valence-corrected chi connectivity index (χ1v) is 12.4. The Kier molecular flexibility index (Phi) is 6.35. The van der Waals surface area contributed by atoms with Gasteiger partial charge in [0.1, 0.15) is 5.57 Å². The van der Waals surface area contributed by atoms with Gasteiger partial charge in [-0.25, -0.2) is 9.58 Å². The van der Waals surface area contributed by atoms with Gasteiger partial charge in [-0.15, -0.1) is 0 Å². The number of pyridine rings is 1. The summed E-state index contributed by atoms with van der Waals surface area (Å²) in [4.78, 5) is 42.8. The second-order valence-corrected chi connectivity index (χ2v) is 9.67. The molecule has 2 aromatic heterocycles. The molecule has 186 valence electrons. The number of carbonyl (C=O) groups excluding carboxylic acids is 2. The Bertz CT molecular complexity index is 1680. The van der Waals surface area contributed by atoms with Gasteiger partial charge in [0, 0.05) is 17.3 Å². The maximum absolute atomic E-state index is 14.0. The molecule has 2 amide bonds. The lowest BCUT2D eigenvalue weighted by Gasteiger charge is -2.14. The topological polar surface area (TPSA) is 79.1 Å². The third kappa shape index (κ3) is 4.20. The Morgan fingerprint density at radius 3 is 2.30 bits per heavy atom. The number of aromatic nitrogens is 3. The van der Waals surface area contributed by atoms with Crippen LogP contribution in [0.5, 0.6) is 0 Å². The summed E-state index contributed by atoms with van der Waals surface area (Å²) in [6.45, 7) is 5.64. The summed E-state index contributed by atoms with van der Waals surface area (Å²) in [7, 11) is 0. The van der Waals surface area contributed by atoms with E-state index in [0.717, 1.165) is 16.0 Å². The lowest BCUT2D eigenvalue weighted by Crippen LogP contribution is -2.39. The van der Waals surface area contributed by atoms with Gasteiger partial charge < -0.3 is 0 Å². The van der Waals surface area contributed by atoms with E-state index in [1.54, 1.807) is 59.4 Å². The van der Waals surface area contributed by atoms with Crippen LogP contribution in [0.2, 0.25) is 10.0 Å². The average molecular weight is 534 g/mol. The predicted octanol–water partition coefficient (Wildman–Crippen LogP) is 4.88. The molecule has 5 rings (SSSR count). The van der Waals surface area contributed by atoms with E-state index >= 15 is 0 Å². The minimum Gasteiger partial charge on any atom is -0.294 e. The second kappa shape index (κ2) is 9.50. The predicted molar refractivity (Wildman–Crippen MR) is 144 cm³/mol. The molecule has 37 heavy (non-hydrogen) atoms. The molecule has 0 saturated carbocycles. The molecule has 3 heterocycles. The van der Waals surface area contributed by atoms with Gasteiger partial charge in [0.25, 0.3) is 17.2 Å². The molecule has 1 aliphatic rings. The van der Waals surface area contributed by atoms with Crippen LogP contribution in [0.4, 0.5) is 5.69 Å². The summed E-state index contributed by atoms with van der Waals surface area (Å²) in [6.07, 6.45) is 3.87. The fourth-order valence-corrected chi connectivity index (χ4v) is 4.81. The summed E-state index contributed by atoms with van der Waals surface area (Å²) < 4.78 is 2.92. The highest BCUT2D eigenvalue weighted by Crippen LogP contribution is 2.34. The smallest absolute Gasteiger partial charge is 0.294 e. The average Bonchev–Trinajstić information content (AvgIpc) is 3.32. The molecular weight excluding hydrogens is 511 g/mol. The number of nitrogens with one attached hydrogen (secondary N) is 1. The van der Waals surface area contributed by atoms with E-state index in [4.69, 9.17) is 23.2 Å². The normalized spacial score (nSPS) is 13.7. The van der Waals surface area contributed by atoms with Crippen molar-refractivity contribution in [2.24, 2.45) is 0 Å². The van der Waals surface area contributed by atoms with Gasteiger partial charge in [-0.3, -0.25) is 19.5 Å². The number of hydrogen-bond donors (Lipinski definition) is 1. The number of imide groups is 1. The Labute approximate surface area is 223 Å². The minimum absolute atomic E-state index is 0.0408. The van der Waals surface area contributed by atoms with Gasteiger partial charge in [-0.2, -0.15) is 4.57 Å². The van der Waals surface area contributed by atoms with Crippen LogP contribution in [0.3, 0.4) is 0 Å². The highest BCUT2D eigenvalue weighted by Gasteiger charge is 2.48. The SMILES string of the molecule is CCc1[nH]n(-c2ccc(Cl)c(Cl)c2)c(=O)c1C1=C([n+]2cccc(C)c2)C(=O)N(c2cccc(C)c2)C1=O. The monoisotopic (exact) mass is 533 g/mol. The van der Waals surface area contributed by atoms with E-state index in [9.17, 15) is 14.4 Å². The van der Waals surface area contributed by atoms with Crippen LogP contribution in [0, 0.1) is 13.8 Å². The first-order valence-electron chi connectivity index (χ1n) is 11.7. The summed E-state index contributed by atoms with van der Waals surface area (Å²) in [5.41, 5.74) is 3.03. The molecule has 2 aromatic carbocycles. The highest BCUT2D eigenvalue weighted by molar-refractivity contribution is 6.53. The molecule has 7 nitrogen and oxygen atoms in total. The van der Waals surface area contributed by atoms with Crippen molar-refractivity contribution in [3.8, 4) is 5.69 Å². The first kappa shape index (κ1) is 24.7. The second-order valence-electron chi connectivity index (χ2n) is 8.85. The Morgan fingerprint density at radius 2 is 1.62 bits per heavy atom. The number of hydrogen-bond acceptors (Lipinski definition) is 3. The molecule has 1 N–H and O–H groups in total. The minimum atomic E-state index is -0.563. The number of aromatic amines is 1. The molecule has 0 unspecified atom stereocenters. The van der Waals surface area contributed by atoms with Crippen molar-refractivity contribution in [3.63, 3.8) is 0 Å². The Morgan fingerprint density at radius 1 is 0.865 bits per heavy atom. The fraction of sp³-hybridized carbons (Fsp3) is 0.143. The molecule has 0 spiro atoms. The lowest BCUT2D eigenvalue weighted by molar-refractivity contribution is -0.577. The summed E-state index contributed by atoms with van der Waals surface area (Å²) >= 11 is 12.3. The number of rotatable bonds is 5. The molecule has 0 bridgehead atoms. The van der Waals surface area contributed by atoms with Gasteiger partial charge in [0.2, 0.25) is 0 Å². The molecule has 9 heteroatoms. The van der Waals surface area contributed by atoms with Gasteiger partial charge >= 0.3 is 5.91 Å². The number of benzene rings is 2. The number of amides is 2. The highest BCUT2D eigenvalue weighted by atomic mass is 35.5. The van der Waals surface area contributed by atoms with Crippen LogP contribution in [0.25, 0.3) is 17.0 Å². The largest absolute Gasteiger partial charge is 0.331 e. The van der Waals surface area contributed by atoms with Gasteiger partial charge in [0.05, 0.1) is 27.0 Å². The van der Waals surface area contributed by atoms with E-state index in [-0.39, 0.29) is 21.9 Å². The Hall–Kier alpha value is -3.94. The van der Waals surface area contributed by atoms with Crippen LogP contribution in [-0.2, 0) is 16.0 Å². The van der Waals surface area contributed by atoms with Crippen LogP contribution < -0.4 is 15.0 Å². The number of nitrogens with zero attached hydrogens (tertiary/aromatic N) is 3. The number of anilines is 1. The molecule has 0 saturated heterocycles. The summed E-state index contributed by atoms with van der Waals surface area (Å²) in [5.74, 6) is -1.07. The third-order valence-electron chi connectivity index (χ3n) is 6.26. The first-order chi connectivity index (χ1) is 17.7. The van der Waals surface area contributed by atoms with Crippen molar-refractivity contribution >= 4 is 52.0 Å². The number of halogens is 2.